The van der Waals surface area contributed by atoms with Gasteiger partial charge < -0.3 is 16.0 Å². The number of benzene rings is 1. The maximum absolute atomic E-state index is 12.2. The second-order valence-electron chi connectivity index (χ2n) is 6.06. The van der Waals surface area contributed by atoms with E-state index in [0.717, 1.165) is 30.8 Å². The van der Waals surface area contributed by atoms with Crippen LogP contribution in [0.25, 0.3) is 0 Å². The van der Waals surface area contributed by atoms with E-state index < -0.39 is 0 Å². The Morgan fingerprint density at radius 1 is 1.52 bits per heavy atom. The van der Waals surface area contributed by atoms with Crippen LogP contribution in [0.3, 0.4) is 0 Å². The molecule has 5 nitrogen and oxygen atoms in total. The molecule has 0 spiro atoms. The highest BCUT2D eigenvalue weighted by Gasteiger charge is 2.22. The lowest BCUT2D eigenvalue weighted by molar-refractivity contribution is -0.117. The Kier molecular flexibility index (Phi) is 5.20. The van der Waals surface area contributed by atoms with E-state index in [1.165, 1.54) is 6.42 Å². The zero-order chi connectivity index (χ0) is 15.4. The number of hydrogen-bond donors (Lipinski definition) is 2. The van der Waals surface area contributed by atoms with Gasteiger partial charge in [-0.05, 0) is 52.0 Å². The van der Waals surface area contributed by atoms with Crippen molar-refractivity contribution in [2.45, 2.75) is 25.8 Å². The van der Waals surface area contributed by atoms with Crippen molar-refractivity contribution in [3.63, 3.8) is 0 Å². The number of para-hydroxylation sites is 1. The Morgan fingerprint density at radius 3 is 2.95 bits per heavy atom. The van der Waals surface area contributed by atoms with Gasteiger partial charge in [0.15, 0.2) is 0 Å². The van der Waals surface area contributed by atoms with Crippen LogP contribution in [-0.2, 0) is 4.79 Å². The molecule has 21 heavy (non-hydrogen) atoms. The average Bonchev–Trinajstić information content (AvgIpc) is 2.43. The topological polar surface area (TPSA) is 61.6 Å². The lowest BCUT2D eigenvalue weighted by Crippen LogP contribution is -2.47. The fraction of sp³-hybridized carbons (Fsp3) is 0.562. The van der Waals surface area contributed by atoms with Gasteiger partial charge in [-0.1, -0.05) is 12.1 Å². The number of nitrogen functional groups attached to an aromatic ring is 1. The summed E-state index contributed by atoms with van der Waals surface area (Å²) >= 11 is 0. The predicted molar refractivity (Wildman–Crippen MR) is 87.4 cm³/mol. The molecule has 116 valence electrons. The first kappa shape index (κ1) is 15.8. The highest BCUT2D eigenvalue weighted by atomic mass is 16.2. The summed E-state index contributed by atoms with van der Waals surface area (Å²) in [7, 11) is 4.15. The fourth-order valence-electron chi connectivity index (χ4n) is 2.89. The van der Waals surface area contributed by atoms with Crippen LogP contribution in [0, 0.1) is 6.92 Å². The third-order valence-corrected chi connectivity index (χ3v) is 4.19. The summed E-state index contributed by atoms with van der Waals surface area (Å²) in [5.74, 6) is -0.00766. The lowest BCUT2D eigenvalue weighted by Gasteiger charge is -2.35. The van der Waals surface area contributed by atoms with Crippen molar-refractivity contribution >= 4 is 17.3 Å². The number of nitrogens with one attached hydrogen (secondary N) is 1. The number of likely N-dealkylation sites (tertiary alicyclic amines) is 1. The van der Waals surface area contributed by atoms with Gasteiger partial charge in [-0.3, -0.25) is 9.69 Å². The number of nitrogens with two attached hydrogens (primary N) is 1. The SMILES string of the molecule is Cc1cccc(N)c1NC(=O)CN(C)C1CCCN(C)C1. The number of nitrogens with zero attached hydrogens (tertiary/aromatic N) is 2. The van der Waals surface area contributed by atoms with Crippen LogP contribution in [0.15, 0.2) is 18.2 Å². The van der Waals surface area contributed by atoms with E-state index in [1.807, 2.05) is 32.2 Å². The van der Waals surface area contributed by atoms with Gasteiger partial charge >= 0.3 is 0 Å². The van der Waals surface area contributed by atoms with E-state index in [9.17, 15) is 4.79 Å². The van der Waals surface area contributed by atoms with Crippen LogP contribution < -0.4 is 11.1 Å². The van der Waals surface area contributed by atoms with Crippen molar-refractivity contribution in [1.29, 1.82) is 0 Å². The molecule has 1 fully saturated rings. The number of amides is 1. The number of hydrogen-bond acceptors (Lipinski definition) is 4. The summed E-state index contributed by atoms with van der Waals surface area (Å²) in [6.07, 6.45) is 2.35. The van der Waals surface area contributed by atoms with Crippen molar-refractivity contribution in [1.82, 2.24) is 9.80 Å². The number of anilines is 2. The summed E-state index contributed by atoms with van der Waals surface area (Å²) in [6, 6.07) is 6.10. The van der Waals surface area contributed by atoms with Crippen LogP contribution in [0.5, 0.6) is 0 Å². The largest absolute Gasteiger partial charge is 0.397 e. The van der Waals surface area contributed by atoms with Gasteiger partial charge in [0.2, 0.25) is 5.91 Å². The van der Waals surface area contributed by atoms with Crippen LogP contribution in [-0.4, -0.2) is 55.5 Å². The monoisotopic (exact) mass is 290 g/mol. The van der Waals surface area contributed by atoms with E-state index in [0.29, 0.717) is 18.3 Å². The minimum atomic E-state index is -0.00766. The molecule has 1 saturated heterocycles. The number of likely N-dealkylation sites (N-methyl/N-ethyl adjacent to an activating group) is 2. The van der Waals surface area contributed by atoms with Crippen LogP contribution >= 0.6 is 0 Å². The fourth-order valence-corrected chi connectivity index (χ4v) is 2.89. The van der Waals surface area contributed by atoms with Gasteiger partial charge in [-0.25, -0.2) is 0 Å². The standard InChI is InChI=1S/C16H26N4O/c1-12-6-4-8-14(17)16(12)18-15(21)11-20(3)13-7-5-9-19(2)10-13/h4,6,8,13H,5,7,9-11,17H2,1-3H3,(H,18,21). The summed E-state index contributed by atoms with van der Waals surface area (Å²) in [5.41, 5.74) is 8.26. The maximum Gasteiger partial charge on any atom is 0.238 e. The average molecular weight is 290 g/mol. The second kappa shape index (κ2) is 6.91. The van der Waals surface area contributed by atoms with Gasteiger partial charge in [0.05, 0.1) is 17.9 Å². The minimum Gasteiger partial charge on any atom is -0.397 e. The lowest BCUT2D eigenvalue weighted by atomic mass is 10.1. The van der Waals surface area contributed by atoms with Crippen molar-refractivity contribution in [2.24, 2.45) is 0 Å². The van der Waals surface area contributed by atoms with Gasteiger partial charge in [0, 0.05) is 12.6 Å². The molecule has 1 aliphatic heterocycles. The van der Waals surface area contributed by atoms with Gasteiger partial charge in [-0.2, -0.15) is 0 Å². The molecule has 1 amide bonds. The van der Waals surface area contributed by atoms with Gasteiger partial charge in [-0.15, -0.1) is 0 Å². The Labute approximate surface area is 127 Å². The summed E-state index contributed by atoms with van der Waals surface area (Å²) in [5, 5.41) is 2.94. The first-order valence-corrected chi connectivity index (χ1v) is 7.51. The molecule has 1 unspecified atom stereocenters. The van der Waals surface area contributed by atoms with Gasteiger partial charge in [0.25, 0.3) is 0 Å². The van der Waals surface area contributed by atoms with Crippen molar-refractivity contribution in [3.05, 3.63) is 23.8 Å². The molecule has 0 aliphatic carbocycles. The molecular formula is C16H26N4O. The molecule has 2 rings (SSSR count). The van der Waals surface area contributed by atoms with Gasteiger partial charge in [0.1, 0.15) is 0 Å². The summed E-state index contributed by atoms with van der Waals surface area (Å²) < 4.78 is 0. The maximum atomic E-state index is 12.2. The molecule has 1 aliphatic rings. The Morgan fingerprint density at radius 2 is 2.29 bits per heavy atom. The van der Waals surface area contributed by atoms with E-state index in [-0.39, 0.29) is 5.91 Å². The second-order valence-corrected chi connectivity index (χ2v) is 6.06. The predicted octanol–water partition coefficient (Wildman–Crippen LogP) is 1.54. The number of piperidine rings is 1. The highest BCUT2D eigenvalue weighted by Crippen LogP contribution is 2.22. The number of carbonyl (C=O) groups excluding carboxylic acids is 1. The van der Waals surface area contributed by atoms with Crippen LogP contribution in [0.4, 0.5) is 11.4 Å². The Hall–Kier alpha value is -1.59. The number of aryl methyl sites for hydroxylation is 1. The Balaban J connectivity index is 1.92. The van der Waals surface area contributed by atoms with Crippen LogP contribution in [0.1, 0.15) is 18.4 Å². The molecular weight excluding hydrogens is 264 g/mol. The molecule has 0 radical (unpaired) electrons. The molecule has 3 N–H and O–H groups in total. The molecule has 0 aromatic heterocycles. The van der Waals surface area contributed by atoms with Crippen molar-refractivity contribution in [2.75, 3.05) is 44.8 Å². The Bertz CT molecular complexity index is 483. The van der Waals surface area contributed by atoms with Crippen LogP contribution in [0.2, 0.25) is 0 Å². The number of carbonyl (C=O) groups is 1. The third kappa shape index (κ3) is 4.19. The molecule has 1 heterocycles. The first-order valence-electron chi connectivity index (χ1n) is 7.51. The highest BCUT2D eigenvalue weighted by molar-refractivity contribution is 5.96. The zero-order valence-electron chi connectivity index (χ0n) is 13.2. The van der Waals surface area contributed by atoms with E-state index >= 15 is 0 Å². The molecule has 1 aromatic carbocycles. The van der Waals surface area contributed by atoms with Crippen molar-refractivity contribution < 1.29 is 4.79 Å². The summed E-state index contributed by atoms with van der Waals surface area (Å²) in [4.78, 5) is 16.7. The number of rotatable bonds is 4. The third-order valence-electron chi connectivity index (χ3n) is 4.19. The molecule has 0 saturated carbocycles. The first-order chi connectivity index (χ1) is 9.97. The smallest absolute Gasteiger partial charge is 0.238 e. The molecule has 5 heteroatoms. The summed E-state index contributed by atoms with van der Waals surface area (Å²) in [6.45, 7) is 4.52. The van der Waals surface area contributed by atoms with Crippen molar-refractivity contribution in [3.8, 4) is 0 Å². The molecule has 0 bridgehead atoms. The van der Waals surface area contributed by atoms with E-state index in [1.54, 1.807) is 0 Å². The van der Waals surface area contributed by atoms with E-state index in [2.05, 4.69) is 22.2 Å². The quantitative estimate of drug-likeness (QED) is 0.826. The zero-order valence-corrected chi connectivity index (χ0v) is 13.2. The molecule has 1 atom stereocenters. The molecule has 1 aromatic rings. The normalized spacial score (nSPS) is 19.7. The van der Waals surface area contributed by atoms with E-state index in [4.69, 9.17) is 5.73 Å². The minimum absolute atomic E-state index is 0.00766.